The average molecular weight is 288 g/mol. The first-order valence-electron chi connectivity index (χ1n) is 5.21. The smallest absolute Gasteiger partial charge is 0.126 e. The van der Waals surface area contributed by atoms with Crippen LogP contribution >= 0.6 is 15.9 Å². The second-order valence-electron chi connectivity index (χ2n) is 3.58. The van der Waals surface area contributed by atoms with Crippen LogP contribution in [0.3, 0.4) is 0 Å². The maximum atomic E-state index is 5.40. The third kappa shape index (κ3) is 3.77. The Morgan fingerprint density at radius 3 is 2.69 bits per heavy atom. The third-order valence-electron chi connectivity index (χ3n) is 2.32. The zero-order valence-corrected chi connectivity index (χ0v) is 11.6. The lowest BCUT2D eigenvalue weighted by Crippen LogP contribution is -2.19. The van der Waals surface area contributed by atoms with Crippen LogP contribution in [0.4, 0.5) is 0 Å². The standard InChI is InChI=1S/C12H18BrNO2/c1-9-6-11(13)7-10(12(9)16-3)8-14-4-5-15-2/h6-7,14H,4-5,8H2,1-3H3. The van der Waals surface area contributed by atoms with Crippen LogP contribution in [0, 0.1) is 6.92 Å². The number of methoxy groups -OCH3 is 2. The first kappa shape index (κ1) is 13.5. The molecular formula is C12H18BrNO2. The van der Waals surface area contributed by atoms with Crippen molar-refractivity contribution in [3.8, 4) is 5.75 Å². The van der Waals surface area contributed by atoms with E-state index in [1.165, 1.54) is 0 Å². The van der Waals surface area contributed by atoms with Crippen LogP contribution in [0.2, 0.25) is 0 Å². The molecule has 1 aromatic carbocycles. The van der Waals surface area contributed by atoms with Gasteiger partial charge in [-0.3, -0.25) is 0 Å². The Kier molecular flexibility index (Phi) is 5.80. The van der Waals surface area contributed by atoms with Gasteiger partial charge in [0.2, 0.25) is 0 Å². The van der Waals surface area contributed by atoms with Crippen LogP contribution in [0.15, 0.2) is 16.6 Å². The highest BCUT2D eigenvalue weighted by Gasteiger charge is 2.07. The summed E-state index contributed by atoms with van der Waals surface area (Å²) >= 11 is 3.49. The van der Waals surface area contributed by atoms with Crippen LogP contribution in [0.5, 0.6) is 5.75 Å². The molecule has 4 heteroatoms. The van der Waals surface area contributed by atoms with Gasteiger partial charge >= 0.3 is 0 Å². The van der Waals surface area contributed by atoms with Crippen LogP contribution in [-0.2, 0) is 11.3 Å². The highest BCUT2D eigenvalue weighted by molar-refractivity contribution is 9.10. The lowest BCUT2D eigenvalue weighted by molar-refractivity contribution is 0.199. The molecule has 1 aromatic rings. The van der Waals surface area contributed by atoms with E-state index in [0.29, 0.717) is 0 Å². The molecule has 0 saturated carbocycles. The van der Waals surface area contributed by atoms with Crippen molar-refractivity contribution in [2.24, 2.45) is 0 Å². The van der Waals surface area contributed by atoms with Gasteiger partial charge in [0.15, 0.2) is 0 Å². The molecule has 0 fully saturated rings. The SMILES string of the molecule is COCCNCc1cc(Br)cc(C)c1OC. The van der Waals surface area contributed by atoms with Crippen molar-refractivity contribution in [3.63, 3.8) is 0 Å². The number of rotatable bonds is 6. The van der Waals surface area contributed by atoms with E-state index < -0.39 is 0 Å². The van der Waals surface area contributed by atoms with Gasteiger partial charge in [-0.1, -0.05) is 15.9 Å². The molecular weight excluding hydrogens is 270 g/mol. The summed E-state index contributed by atoms with van der Waals surface area (Å²) in [5.41, 5.74) is 2.30. The summed E-state index contributed by atoms with van der Waals surface area (Å²) in [6.45, 7) is 4.38. The van der Waals surface area contributed by atoms with Gasteiger partial charge in [0.25, 0.3) is 0 Å². The molecule has 0 saturated heterocycles. The summed E-state index contributed by atoms with van der Waals surface area (Å²) in [5.74, 6) is 0.952. The molecule has 0 aliphatic rings. The summed E-state index contributed by atoms with van der Waals surface area (Å²) in [6.07, 6.45) is 0. The van der Waals surface area contributed by atoms with Gasteiger partial charge in [-0.25, -0.2) is 0 Å². The Labute approximate surface area is 105 Å². The zero-order valence-electron chi connectivity index (χ0n) is 9.97. The topological polar surface area (TPSA) is 30.5 Å². The summed E-state index contributed by atoms with van der Waals surface area (Å²) in [7, 11) is 3.40. The fourth-order valence-electron chi connectivity index (χ4n) is 1.62. The number of ether oxygens (including phenoxy) is 2. The fourth-order valence-corrected chi connectivity index (χ4v) is 2.24. The number of nitrogens with one attached hydrogen (secondary N) is 1. The van der Waals surface area contributed by atoms with Crippen molar-refractivity contribution in [1.82, 2.24) is 5.32 Å². The molecule has 16 heavy (non-hydrogen) atoms. The normalized spacial score (nSPS) is 10.5. The quantitative estimate of drug-likeness (QED) is 0.816. The van der Waals surface area contributed by atoms with Gasteiger partial charge in [-0.15, -0.1) is 0 Å². The molecule has 0 bridgehead atoms. The third-order valence-corrected chi connectivity index (χ3v) is 2.78. The van der Waals surface area contributed by atoms with Crippen molar-refractivity contribution in [3.05, 3.63) is 27.7 Å². The maximum Gasteiger partial charge on any atom is 0.126 e. The number of halogens is 1. The van der Waals surface area contributed by atoms with Crippen LogP contribution < -0.4 is 10.1 Å². The van der Waals surface area contributed by atoms with E-state index in [2.05, 4.69) is 33.4 Å². The van der Waals surface area contributed by atoms with Crippen molar-refractivity contribution in [2.75, 3.05) is 27.4 Å². The first-order chi connectivity index (χ1) is 7.69. The number of aryl methyl sites for hydroxylation is 1. The fraction of sp³-hybridized carbons (Fsp3) is 0.500. The maximum absolute atomic E-state index is 5.40. The summed E-state index contributed by atoms with van der Waals surface area (Å²) in [5, 5.41) is 3.31. The van der Waals surface area contributed by atoms with E-state index in [-0.39, 0.29) is 0 Å². The summed E-state index contributed by atoms with van der Waals surface area (Å²) in [6, 6.07) is 4.13. The number of hydrogen-bond acceptors (Lipinski definition) is 3. The van der Waals surface area contributed by atoms with E-state index in [1.54, 1.807) is 14.2 Å². The monoisotopic (exact) mass is 287 g/mol. The van der Waals surface area contributed by atoms with Gasteiger partial charge in [0.1, 0.15) is 5.75 Å². The molecule has 0 amide bonds. The van der Waals surface area contributed by atoms with Gasteiger partial charge in [-0.2, -0.15) is 0 Å². The van der Waals surface area contributed by atoms with Crippen LogP contribution in [0.1, 0.15) is 11.1 Å². The van der Waals surface area contributed by atoms with E-state index >= 15 is 0 Å². The number of benzene rings is 1. The molecule has 0 aliphatic heterocycles. The molecule has 90 valence electrons. The molecule has 0 heterocycles. The van der Waals surface area contributed by atoms with E-state index in [1.807, 2.05) is 6.92 Å². The Bertz CT molecular complexity index is 342. The molecule has 1 N–H and O–H groups in total. The van der Waals surface area contributed by atoms with Gasteiger partial charge in [-0.05, 0) is 24.6 Å². The molecule has 3 nitrogen and oxygen atoms in total. The zero-order chi connectivity index (χ0) is 12.0. The van der Waals surface area contributed by atoms with Crippen LogP contribution in [-0.4, -0.2) is 27.4 Å². The largest absolute Gasteiger partial charge is 0.496 e. The van der Waals surface area contributed by atoms with Crippen molar-refractivity contribution in [1.29, 1.82) is 0 Å². The number of hydrogen-bond donors (Lipinski definition) is 1. The van der Waals surface area contributed by atoms with Crippen LogP contribution in [0.25, 0.3) is 0 Å². The molecule has 0 aromatic heterocycles. The lowest BCUT2D eigenvalue weighted by Gasteiger charge is -2.12. The highest BCUT2D eigenvalue weighted by atomic mass is 79.9. The Morgan fingerprint density at radius 2 is 2.06 bits per heavy atom. The average Bonchev–Trinajstić information content (AvgIpc) is 2.24. The second-order valence-corrected chi connectivity index (χ2v) is 4.50. The van der Waals surface area contributed by atoms with Gasteiger partial charge < -0.3 is 14.8 Å². The minimum atomic E-state index is 0.718. The van der Waals surface area contributed by atoms with E-state index in [9.17, 15) is 0 Å². The molecule has 0 unspecified atom stereocenters. The Morgan fingerprint density at radius 1 is 1.31 bits per heavy atom. The second kappa shape index (κ2) is 6.89. The predicted molar refractivity (Wildman–Crippen MR) is 69.0 cm³/mol. The summed E-state index contributed by atoms with van der Waals surface area (Å²) in [4.78, 5) is 0. The Hall–Kier alpha value is -0.580. The van der Waals surface area contributed by atoms with Crippen molar-refractivity contribution >= 4 is 15.9 Å². The first-order valence-corrected chi connectivity index (χ1v) is 6.01. The van der Waals surface area contributed by atoms with Gasteiger partial charge in [0, 0.05) is 30.2 Å². The summed E-state index contributed by atoms with van der Waals surface area (Å²) < 4.78 is 11.5. The predicted octanol–water partition coefficient (Wildman–Crippen LogP) is 2.50. The van der Waals surface area contributed by atoms with Crippen molar-refractivity contribution < 1.29 is 9.47 Å². The lowest BCUT2D eigenvalue weighted by atomic mass is 10.1. The van der Waals surface area contributed by atoms with E-state index in [4.69, 9.17) is 9.47 Å². The molecule has 0 radical (unpaired) electrons. The minimum Gasteiger partial charge on any atom is -0.496 e. The molecule has 0 aliphatic carbocycles. The Balaban J connectivity index is 2.69. The van der Waals surface area contributed by atoms with Gasteiger partial charge in [0.05, 0.1) is 13.7 Å². The van der Waals surface area contributed by atoms with Crippen molar-refractivity contribution in [2.45, 2.75) is 13.5 Å². The molecule has 0 atom stereocenters. The van der Waals surface area contributed by atoms with E-state index in [0.717, 1.165) is 41.0 Å². The molecule has 1 rings (SSSR count). The molecule has 0 spiro atoms. The minimum absolute atomic E-state index is 0.718. The highest BCUT2D eigenvalue weighted by Crippen LogP contribution is 2.27.